The molecule has 0 aliphatic carbocycles. The molecule has 136 valence electrons. The molecule has 2 aliphatic rings. The first-order valence-electron chi connectivity index (χ1n) is 8.66. The van der Waals surface area contributed by atoms with E-state index in [4.69, 9.17) is 9.47 Å². The van der Waals surface area contributed by atoms with Crippen molar-refractivity contribution in [2.75, 3.05) is 46.4 Å². The molecule has 7 nitrogen and oxygen atoms in total. The second-order valence-electron chi connectivity index (χ2n) is 6.38. The quantitative estimate of drug-likeness (QED) is 0.826. The summed E-state index contributed by atoms with van der Waals surface area (Å²) in [5.74, 6) is 0.772. The maximum atomic E-state index is 12.4. The van der Waals surface area contributed by atoms with Crippen LogP contribution < -0.4 is 10.1 Å². The monoisotopic (exact) mass is 347 g/mol. The van der Waals surface area contributed by atoms with E-state index in [-0.39, 0.29) is 24.5 Å². The van der Waals surface area contributed by atoms with E-state index in [2.05, 4.69) is 5.32 Å². The first-order chi connectivity index (χ1) is 12.2. The Morgan fingerprint density at radius 2 is 2.12 bits per heavy atom. The molecule has 1 unspecified atom stereocenters. The predicted octanol–water partition coefficient (Wildman–Crippen LogP) is 0.245. The molecule has 3 rings (SSSR count). The Morgan fingerprint density at radius 3 is 2.76 bits per heavy atom. The topological polar surface area (TPSA) is 71.1 Å². The summed E-state index contributed by atoms with van der Waals surface area (Å²) in [7, 11) is 1.63. The van der Waals surface area contributed by atoms with Crippen LogP contribution in [0.5, 0.6) is 5.75 Å². The zero-order chi connectivity index (χ0) is 17.6. The molecule has 0 saturated carbocycles. The molecule has 2 amide bonds. The van der Waals surface area contributed by atoms with Crippen molar-refractivity contribution in [1.82, 2.24) is 15.1 Å². The average molecular weight is 347 g/mol. The highest BCUT2D eigenvalue weighted by atomic mass is 16.5. The van der Waals surface area contributed by atoms with E-state index in [9.17, 15) is 9.59 Å². The van der Waals surface area contributed by atoms with E-state index in [0.717, 1.165) is 17.9 Å². The number of piperazine rings is 1. The summed E-state index contributed by atoms with van der Waals surface area (Å²) in [4.78, 5) is 28.2. The van der Waals surface area contributed by atoms with Gasteiger partial charge in [0.2, 0.25) is 11.8 Å². The van der Waals surface area contributed by atoms with Gasteiger partial charge in [-0.1, -0.05) is 12.1 Å². The van der Waals surface area contributed by atoms with Crippen LogP contribution in [0.3, 0.4) is 0 Å². The Bertz CT molecular complexity index is 599. The Balaban J connectivity index is 1.49. The van der Waals surface area contributed by atoms with Crippen molar-refractivity contribution in [3.05, 3.63) is 29.8 Å². The van der Waals surface area contributed by atoms with E-state index in [1.54, 1.807) is 16.9 Å². The van der Waals surface area contributed by atoms with Gasteiger partial charge in [-0.25, -0.2) is 0 Å². The zero-order valence-corrected chi connectivity index (χ0v) is 14.6. The largest absolute Gasteiger partial charge is 0.497 e. The smallest absolute Gasteiger partial charge is 0.242 e. The van der Waals surface area contributed by atoms with Crippen LogP contribution in [0.4, 0.5) is 0 Å². The zero-order valence-electron chi connectivity index (χ0n) is 14.6. The van der Waals surface area contributed by atoms with Gasteiger partial charge >= 0.3 is 0 Å². The standard InChI is InChI=1S/C18H25N3O4/c1-24-15-4-2-14(3-5-15)12-20-7-8-21(13-18(20)23)17(22)10-16-11-19-6-9-25-16/h2-5,16,19H,6-13H2,1H3. The van der Waals surface area contributed by atoms with Crippen molar-refractivity contribution in [3.8, 4) is 5.75 Å². The molecule has 0 radical (unpaired) electrons. The van der Waals surface area contributed by atoms with Gasteiger partial charge in [0.1, 0.15) is 5.75 Å². The maximum Gasteiger partial charge on any atom is 0.242 e. The fourth-order valence-corrected chi connectivity index (χ4v) is 3.11. The lowest BCUT2D eigenvalue weighted by Crippen LogP contribution is -2.53. The van der Waals surface area contributed by atoms with Gasteiger partial charge in [-0.3, -0.25) is 9.59 Å². The number of amides is 2. The van der Waals surface area contributed by atoms with E-state index in [0.29, 0.717) is 39.2 Å². The van der Waals surface area contributed by atoms with Crippen LogP contribution in [0.15, 0.2) is 24.3 Å². The first-order valence-corrected chi connectivity index (χ1v) is 8.66. The summed E-state index contributed by atoms with van der Waals surface area (Å²) >= 11 is 0. The molecular formula is C18H25N3O4. The summed E-state index contributed by atoms with van der Waals surface area (Å²) in [5, 5.41) is 3.21. The van der Waals surface area contributed by atoms with Gasteiger partial charge in [0.05, 0.1) is 32.8 Å². The van der Waals surface area contributed by atoms with Gasteiger partial charge in [0.25, 0.3) is 0 Å². The van der Waals surface area contributed by atoms with Crippen molar-refractivity contribution < 1.29 is 19.1 Å². The van der Waals surface area contributed by atoms with Crippen LogP contribution in [0.25, 0.3) is 0 Å². The molecule has 0 aromatic heterocycles. The molecule has 0 spiro atoms. The SMILES string of the molecule is COc1ccc(CN2CCN(C(=O)CC3CNCCO3)CC2=O)cc1. The molecule has 1 N–H and O–H groups in total. The maximum absolute atomic E-state index is 12.4. The summed E-state index contributed by atoms with van der Waals surface area (Å²) in [6, 6.07) is 7.68. The fraction of sp³-hybridized carbons (Fsp3) is 0.556. The van der Waals surface area contributed by atoms with Crippen LogP contribution in [0.1, 0.15) is 12.0 Å². The lowest BCUT2D eigenvalue weighted by molar-refractivity contribution is -0.147. The van der Waals surface area contributed by atoms with Crippen molar-refractivity contribution in [2.24, 2.45) is 0 Å². The van der Waals surface area contributed by atoms with E-state index in [1.807, 2.05) is 24.3 Å². The van der Waals surface area contributed by atoms with Crippen LogP contribution >= 0.6 is 0 Å². The van der Waals surface area contributed by atoms with Crippen LogP contribution in [-0.4, -0.2) is 74.2 Å². The number of methoxy groups -OCH3 is 1. The number of carbonyl (C=O) groups is 2. The Kier molecular flexibility index (Phi) is 5.88. The molecule has 2 heterocycles. The molecule has 0 bridgehead atoms. The molecule has 2 aliphatic heterocycles. The molecular weight excluding hydrogens is 322 g/mol. The highest BCUT2D eigenvalue weighted by Gasteiger charge is 2.29. The Labute approximate surface area is 147 Å². The fourth-order valence-electron chi connectivity index (χ4n) is 3.11. The van der Waals surface area contributed by atoms with Gasteiger partial charge in [0.15, 0.2) is 0 Å². The minimum atomic E-state index is -0.0892. The summed E-state index contributed by atoms with van der Waals surface area (Å²) in [5.41, 5.74) is 1.05. The second kappa shape index (κ2) is 8.31. The number of benzene rings is 1. The molecule has 2 saturated heterocycles. The number of morpholine rings is 1. The number of hydrogen-bond acceptors (Lipinski definition) is 5. The highest BCUT2D eigenvalue weighted by Crippen LogP contribution is 2.15. The Morgan fingerprint density at radius 1 is 1.32 bits per heavy atom. The minimum Gasteiger partial charge on any atom is -0.497 e. The second-order valence-corrected chi connectivity index (χ2v) is 6.38. The summed E-state index contributed by atoms with van der Waals surface area (Å²) < 4.78 is 10.7. The number of carbonyl (C=O) groups excluding carboxylic acids is 2. The lowest BCUT2D eigenvalue weighted by atomic mass is 10.1. The lowest BCUT2D eigenvalue weighted by Gasteiger charge is -2.35. The van der Waals surface area contributed by atoms with Gasteiger partial charge < -0.3 is 24.6 Å². The van der Waals surface area contributed by atoms with Crippen molar-refractivity contribution in [1.29, 1.82) is 0 Å². The van der Waals surface area contributed by atoms with Crippen molar-refractivity contribution in [2.45, 2.75) is 19.1 Å². The number of nitrogens with zero attached hydrogens (tertiary/aromatic N) is 2. The molecule has 7 heteroatoms. The van der Waals surface area contributed by atoms with Crippen LogP contribution in [0.2, 0.25) is 0 Å². The summed E-state index contributed by atoms with van der Waals surface area (Å²) in [6.07, 6.45) is 0.243. The normalized spacial score (nSPS) is 21.3. The van der Waals surface area contributed by atoms with E-state index < -0.39 is 0 Å². The first kappa shape index (κ1) is 17.7. The van der Waals surface area contributed by atoms with E-state index >= 15 is 0 Å². The third-order valence-electron chi connectivity index (χ3n) is 4.61. The van der Waals surface area contributed by atoms with Gasteiger partial charge in [-0.15, -0.1) is 0 Å². The van der Waals surface area contributed by atoms with Gasteiger partial charge in [-0.05, 0) is 17.7 Å². The van der Waals surface area contributed by atoms with E-state index in [1.165, 1.54) is 0 Å². The summed E-state index contributed by atoms with van der Waals surface area (Å²) in [6.45, 7) is 3.98. The Hall–Kier alpha value is -2.12. The molecule has 1 atom stereocenters. The number of rotatable bonds is 5. The molecule has 1 aromatic carbocycles. The van der Waals surface area contributed by atoms with Gasteiger partial charge in [0, 0.05) is 32.7 Å². The molecule has 2 fully saturated rings. The number of ether oxygens (including phenoxy) is 2. The number of hydrogen-bond donors (Lipinski definition) is 1. The predicted molar refractivity (Wildman–Crippen MR) is 92.2 cm³/mol. The number of nitrogens with one attached hydrogen (secondary N) is 1. The van der Waals surface area contributed by atoms with Crippen molar-refractivity contribution >= 4 is 11.8 Å². The van der Waals surface area contributed by atoms with Gasteiger partial charge in [-0.2, -0.15) is 0 Å². The minimum absolute atomic E-state index is 0.00820. The highest BCUT2D eigenvalue weighted by molar-refractivity contribution is 5.86. The molecule has 1 aromatic rings. The van der Waals surface area contributed by atoms with Crippen molar-refractivity contribution in [3.63, 3.8) is 0 Å². The van der Waals surface area contributed by atoms with Crippen LogP contribution in [-0.2, 0) is 20.9 Å². The third kappa shape index (κ3) is 4.70. The third-order valence-corrected chi connectivity index (χ3v) is 4.61. The average Bonchev–Trinajstić information content (AvgIpc) is 2.65. The molecule has 25 heavy (non-hydrogen) atoms. The van der Waals surface area contributed by atoms with Crippen LogP contribution in [0, 0.1) is 0 Å².